The van der Waals surface area contributed by atoms with Crippen molar-refractivity contribution in [3.05, 3.63) is 29.8 Å². The lowest BCUT2D eigenvalue weighted by molar-refractivity contribution is -0.0498. The van der Waals surface area contributed by atoms with Crippen molar-refractivity contribution in [1.82, 2.24) is 10.2 Å². The number of benzene rings is 1. The highest BCUT2D eigenvalue weighted by molar-refractivity contribution is 5.94. The highest BCUT2D eigenvalue weighted by atomic mass is 19.3. The largest absolute Gasteiger partial charge is 0.435 e. The number of amides is 1. The van der Waals surface area contributed by atoms with E-state index in [1.165, 1.54) is 24.3 Å². The standard InChI is InChI=1S/C15H20F2N2O2/c1-2-9-19(12-7-8-18-10-12)14(20)11-3-5-13(6-4-11)21-15(16)17/h3-6,12,15,18H,2,7-10H2,1H3. The number of nitrogens with one attached hydrogen (secondary N) is 1. The fraction of sp³-hybridized carbons (Fsp3) is 0.533. The molecule has 21 heavy (non-hydrogen) atoms. The molecule has 1 aromatic carbocycles. The van der Waals surface area contributed by atoms with Crippen LogP contribution in [0.2, 0.25) is 0 Å². The number of alkyl halides is 2. The van der Waals surface area contributed by atoms with Crippen LogP contribution in [-0.2, 0) is 0 Å². The lowest BCUT2D eigenvalue weighted by atomic mass is 10.1. The lowest BCUT2D eigenvalue weighted by Crippen LogP contribution is -2.42. The lowest BCUT2D eigenvalue weighted by Gasteiger charge is -2.28. The zero-order chi connectivity index (χ0) is 15.2. The Morgan fingerprint density at radius 1 is 1.43 bits per heavy atom. The number of carbonyl (C=O) groups is 1. The van der Waals surface area contributed by atoms with Crippen molar-refractivity contribution in [3.8, 4) is 5.75 Å². The first-order valence-electron chi connectivity index (χ1n) is 7.18. The summed E-state index contributed by atoms with van der Waals surface area (Å²) in [5.41, 5.74) is 0.497. The maximum atomic E-state index is 12.6. The summed E-state index contributed by atoms with van der Waals surface area (Å²) in [6, 6.07) is 6.07. The number of nitrogens with zero attached hydrogens (tertiary/aromatic N) is 1. The third-order valence-corrected chi connectivity index (χ3v) is 3.53. The number of hydrogen-bond donors (Lipinski definition) is 1. The Morgan fingerprint density at radius 3 is 2.67 bits per heavy atom. The van der Waals surface area contributed by atoms with E-state index < -0.39 is 6.61 Å². The van der Waals surface area contributed by atoms with E-state index in [0.29, 0.717) is 12.1 Å². The average Bonchev–Trinajstić information content (AvgIpc) is 2.98. The molecule has 0 bridgehead atoms. The quantitative estimate of drug-likeness (QED) is 0.877. The second-order valence-corrected chi connectivity index (χ2v) is 5.05. The van der Waals surface area contributed by atoms with Gasteiger partial charge < -0.3 is 15.0 Å². The molecule has 1 aliphatic heterocycles. The molecule has 1 aromatic rings. The summed E-state index contributed by atoms with van der Waals surface area (Å²) < 4.78 is 28.5. The second kappa shape index (κ2) is 7.36. The summed E-state index contributed by atoms with van der Waals surface area (Å²) in [7, 11) is 0. The molecule has 1 atom stereocenters. The van der Waals surface area contributed by atoms with Gasteiger partial charge in [0.1, 0.15) is 5.75 Å². The minimum atomic E-state index is -2.85. The van der Waals surface area contributed by atoms with Gasteiger partial charge in [0.15, 0.2) is 0 Å². The van der Waals surface area contributed by atoms with Gasteiger partial charge in [-0.05, 0) is 43.7 Å². The van der Waals surface area contributed by atoms with Crippen LogP contribution >= 0.6 is 0 Å². The van der Waals surface area contributed by atoms with Crippen molar-refractivity contribution in [2.24, 2.45) is 0 Å². The van der Waals surface area contributed by atoms with Gasteiger partial charge in [-0.3, -0.25) is 4.79 Å². The average molecular weight is 298 g/mol. The van der Waals surface area contributed by atoms with Gasteiger partial charge in [-0.1, -0.05) is 6.92 Å². The van der Waals surface area contributed by atoms with E-state index >= 15 is 0 Å². The maximum absolute atomic E-state index is 12.6. The molecule has 1 saturated heterocycles. The van der Waals surface area contributed by atoms with Crippen molar-refractivity contribution in [3.63, 3.8) is 0 Å². The van der Waals surface area contributed by atoms with Crippen LogP contribution < -0.4 is 10.1 Å². The first-order valence-corrected chi connectivity index (χ1v) is 7.18. The molecule has 1 amide bonds. The van der Waals surface area contributed by atoms with Gasteiger partial charge in [0.25, 0.3) is 5.91 Å². The van der Waals surface area contributed by atoms with E-state index in [4.69, 9.17) is 0 Å². The molecule has 0 aliphatic carbocycles. The van der Waals surface area contributed by atoms with Crippen LogP contribution in [0.1, 0.15) is 30.1 Å². The molecule has 0 aromatic heterocycles. The van der Waals surface area contributed by atoms with E-state index in [-0.39, 0.29) is 17.7 Å². The van der Waals surface area contributed by atoms with Crippen molar-refractivity contribution < 1.29 is 18.3 Å². The van der Waals surface area contributed by atoms with Crippen LogP contribution in [0.25, 0.3) is 0 Å². The molecule has 116 valence electrons. The van der Waals surface area contributed by atoms with Gasteiger partial charge in [0.05, 0.1) is 0 Å². The van der Waals surface area contributed by atoms with Crippen molar-refractivity contribution in [2.45, 2.75) is 32.4 Å². The number of halogens is 2. The molecule has 1 unspecified atom stereocenters. The van der Waals surface area contributed by atoms with Gasteiger partial charge in [-0.15, -0.1) is 0 Å². The summed E-state index contributed by atoms with van der Waals surface area (Å²) in [4.78, 5) is 14.4. The third-order valence-electron chi connectivity index (χ3n) is 3.53. The third kappa shape index (κ3) is 4.14. The molecule has 6 heteroatoms. The number of ether oxygens (including phenoxy) is 1. The zero-order valence-corrected chi connectivity index (χ0v) is 12.0. The molecule has 1 aliphatic rings. The molecule has 1 heterocycles. The van der Waals surface area contributed by atoms with E-state index in [1.54, 1.807) is 0 Å². The number of carbonyl (C=O) groups excluding carboxylic acids is 1. The summed E-state index contributed by atoms with van der Waals surface area (Å²) in [5, 5.41) is 3.25. The molecule has 0 spiro atoms. The van der Waals surface area contributed by atoms with Gasteiger partial charge in [-0.2, -0.15) is 8.78 Å². The van der Waals surface area contributed by atoms with Gasteiger partial charge >= 0.3 is 6.61 Å². The molecule has 1 N–H and O–H groups in total. The van der Waals surface area contributed by atoms with Crippen LogP contribution in [0.15, 0.2) is 24.3 Å². The predicted molar refractivity (Wildman–Crippen MR) is 75.7 cm³/mol. The molecular weight excluding hydrogens is 278 g/mol. The van der Waals surface area contributed by atoms with E-state index in [2.05, 4.69) is 10.1 Å². The van der Waals surface area contributed by atoms with E-state index in [1.807, 2.05) is 11.8 Å². The SMILES string of the molecule is CCCN(C(=O)c1ccc(OC(F)F)cc1)C1CCNC1. The van der Waals surface area contributed by atoms with Crippen LogP contribution in [0.5, 0.6) is 5.75 Å². The number of hydrogen-bond acceptors (Lipinski definition) is 3. The summed E-state index contributed by atoms with van der Waals surface area (Å²) in [6.45, 7) is 1.59. The minimum Gasteiger partial charge on any atom is -0.435 e. The molecular formula is C15H20F2N2O2. The molecule has 4 nitrogen and oxygen atoms in total. The van der Waals surface area contributed by atoms with Crippen LogP contribution in [0.3, 0.4) is 0 Å². The summed E-state index contributed by atoms with van der Waals surface area (Å²) >= 11 is 0. The van der Waals surface area contributed by atoms with Crippen LogP contribution in [-0.4, -0.2) is 43.1 Å². The Labute approximate surface area is 123 Å². The van der Waals surface area contributed by atoms with Gasteiger partial charge in [0, 0.05) is 24.7 Å². The highest BCUT2D eigenvalue weighted by Crippen LogP contribution is 2.18. The Balaban J connectivity index is 2.08. The Hall–Kier alpha value is -1.69. The normalized spacial score (nSPS) is 18.0. The predicted octanol–water partition coefficient (Wildman–Crippen LogP) is 2.50. The molecule has 1 fully saturated rings. The first kappa shape index (κ1) is 15.7. The minimum absolute atomic E-state index is 0.0610. The monoisotopic (exact) mass is 298 g/mol. The topological polar surface area (TPSA) is 41.6 Å². The van der Waals surface area contributed by atoms with Crippen molar-refractivity contribution in [1.29, 1.82) is 0 Å². The first-order chi connectivity index (χ1) is 10.1. The summed E-state index contributed by atoms with van der Waals surface area (Å²) in [5.74, 6) is 0.000251. The molecule has 2 rings (SSSR count). The van der Waals surface area contributed by atoms with Crippen LogP contribution in [0.4, 0.5) is 8.78 Å². The Kier molecular flexibility index (Phi) is 5.50. The van der Waals surface area contributed by atoms with Gasteiger partial charge in [-0.25, -0.2) is 0 Å². The molecule has 0 saturated carbocycles. The second-order valence-electron chi connectivity index (χ2n) is 5.05. The fourth-order valence-electron chi connectivity index (χ4n) is 2.54. The van der Waals surface area contributed by atoms with E-state index in [0.717, 1.165) is 25.9 Å². The smallest absolute Gasteiger partial charge is 0.387 e. The Morgan fingerprint density at radius 2 is 2.14 bits per heavy atom. The maximum Gasteiger partial charge on any atom is 0.387 e. The number of rotatable bonds is 6. The Bertz CT molecular complexity index is 459. The summed E-state index contributed by atoms with van der Waals surface area (Å²) in [6.07, 6.45) is 1.83. The van der Waals surface area contributed by atoms with Crippen molar-refractivity contribution in [2.75, 3.05) is 19.6 Å². The van der Waals surface area contributed by atoms with E-state index in [9.17, 15) is 13.6 Å². The molecule has 0 radical (unpaired) electrons. The van der Waals surface area contributed by atoms with Crippen molar-refractivity contribution >= 4 is 5.91 Å². The zero-order valence-electron chi connectivity index (χ0n) is 12.0. The fourth-order valence-corrected chi connectivity index (χ4v) is 2.54. The van der Waals surface area contributed by atoms with Gasteiger partial charge in [0.2, 0.25) is 0 Å². The highest BCUT2D eigenvalue weighted by Gasteiger charge is 2.26. The van der Waals surface area contributed by atoms with Crippen LogP contribution in [0, 0.1) is 0 Å².